The summed E-state index contributed by atoms with van der Waals surface area (Å²) < 4.78 is 48.5. The molecule has 1 aliphatic heterocycles. The highest BCUT2D eigenvalue weighted by Crippen LogP contribution is 2.40. The summed E-state index contributed by atoms with van der Waals surface area (Å²) in [7, 11) is 1.66. The topological polar surface area (TPSA) is 90.2 Å². The second kappa shape index (κ2) is 8.65. The third-order valence-electron chi connectivity index (χ3n) is 6.21. The Morgan fingerprint density at radius 1 is 1.06 bits per heavy atom. The molecule has 34 heavy (non-hydrogen) atoms. The van der Waals surface area contributed by atoms with Gasteiger partial charge in [-0.3, -0.25) is 0 Å². The third kappa shape index (κ3) is 4.85. The monoisotopic (exact) mass is 475 g/mol. The van der Waals surface area contributed by atoms with Crippen molar-refractivity contribution < 1.29 is 22.6 Å². The van der Waals surface area contributed by atoms with Crippen molar-refractivity contribution in [1.29, 1.82) is 0 Å². The highest BCUT2D eigenvalue weighted by Gasteiger charge is 2.43. The molecule has 0 radical (unpaired) electrons. The van der Waals surface area contributed by atoms with Gasteiger partial charge >= 0.3 is 12.4 Å². The number of benzene rings is 1. The number of alkyl halides is 3. The zero-order valence-corrected chi connectivity index (χ0v) is 18.7. The van der Waals surface area contributed by atoms with Gasteiger partial charge in [-0.2, -0.15) is 4.98 Å². The number of anilines is 2. The van der Waals surface area contributed by atoms with Crippen molar-refractivity contribution in [3.8, 4) is 17.5 Å². The Balaban J connectivity index is 1.25. The summed E-state index contributed by atoms with van der Waals surface area (Å²) in [5.41, 5.74) is 0.943. The van der Waals surface area contributed by atoms with Crippen LogP contribution in [-0.2, 0) is 7.05 Å². The molecule has 3 aromatic rings. The number of halogens is 3. The normalized spacial score (nSPS) is 22.0. The first-order chi connectivity index (χ1) is 16.2. The van der Waals surface area contributed by atoms with Crippen molar-refractivity contribution in [2.45, 2.75) is 32.2 Å². The van der Waals surface area contributed by atoms with Gasteiger partial charge in [0.2, 0.25) is 5.95 Å². The molecule has 3 heterocycles. The standard InChI is InChI=1S/C22H24F3N7O2/c1-13-8-18(27-12-26-13)32-10-14-6-7-15(11-32)19(14)28-20-29-21(31(2)30-20)33-16-4-3-5-17(9-16)34-22(23,24)25/h3-5,8-9,12,14-15,19H,6-7,10-11H2,1-2H3,(H,28,30). The molecule has 1 aliphatic carbocycles. The van der Waals surface area contributed by atoms with E-state index < -0.39 is 6.36 Å². The van der Waals surface area contributed by atoms with Crippen molar-refractivity contribution in [3.05, 3.63) is 42.4 Å². The van der Waals surface area contributed by atoms with Gasteiger partial charge < -0.3 is 19.7 Å². The lowest BCUT2D eigenvalue weighted by Gasteiger charge is -2.38. The molecule has 2 atom stereocenters. The van der Waals surface area contributed by atoms with E-state index in [1.54, 1.807) is 13.4 Å². The first kappa shape index (κ1) is 22.2. The van der Waals surface area contributed by atoms with Crippen LogP contribution in [0.1, 0.15) is 18.5 Å². The minimum atomic E-state index is -4.78. The van der Waals surface area contributed by atoms with Crippen LogP contribution in [-0.4, -0.2) is 50.2 Å². The second-order valence-electron chi connectivity index (χ2n) is 8.66. The molecule has 1 N–H and O–H groups in total. The Hall–Kier alpha value is -3.57. The average molecular weight is 475 g/mol. The van der Waals surface area contributed by atoms with Gasteiger partial charge in [0.1, 0.15) is 23.6 Å². The van der Waals surface area contributed by atoms with Crippen LogP contribution in [0.3, 0.4) is 0 Å². The molecule has 180 valence electrons. The van der Waals surface area contributed by atoms with E-state index in [0.717, 1.165) is 43.5 Å². The van der Waals surface area contributed by atoms with E-state index >= 15 is 0 Å². The lowest BCUT2D eigenvalue weighted by Crippen LogP contribution is -2.48. The number of hydrogen-bond donors (Lipinski definition) is 1. The molecule has 1 saturated carbocycles. The molecule has 2 unspecified atom stereocenters. The van der Waals surface area contributed by atoms with E-state index in [9.17, 15) is 13.2 Å². The van der Waals surface area contributed by atoms with Gasteiger partial charge in [0.25, 0.3) is 0 Å². The first-order valence-corrected chi connectivity index (χ1v) is 11.0. The van der Waals surface area contributed by atoms with Gasteiger partial charge in [-0.1, -0.05) is 6.07 Å². The van der Waals surface area contributed by atoms with E-state index in [-0.39, 0.29) is 23.6 Å². The Morgan fingerprint density at radius 2 is 1.79 bits per heavy atom. The molecule has 2 fully saturated rings. The number of aromatic nitrogens is 5. The number of nitrogens with zero attached hydrogens (tertiary/aromatic N) is 6. The SMILES string of the molecule is Cc1cc(N2CC3CCC(C2)C3Nc2nc(Oc3cccc(OC(F)(F)F)c3)n(C)n2)ncn1. The maximum absolute atomic E-state index is 12.5. The summed E-state index contributed by atoms with van der Waals surface area (Å²) in [6.07, 6.45) is -0.973. The van der Waals surface area contributed by atoms with Crippen molar-refractivity contribution in [2.75, 3.05) is 23.3 Å². The predicted octanol–water partition coefficient (Wildman–Crippen LogP) is 3.93. The maximum Gasteiger partial charge on any atom is 0.573 e. The fraction of sp³-hybridized carbons (Fsp3) is 0.455. The molecule has 0 spiro atoms. The van der Waals surface area contributed by atoms with Crippen molar-refractivity contribution in [3.63, 3.8) is 0 Å². The highest BCUT2D eigenvalue weighted by atomic mass is 19.4. The van der Waals surface area contributed by atoms with Gasteiger partial charge in [-0.25, -0.2) is 14.6 Å². The molecule has 12 heteroatoms. The molecule has 2 aliphatic rings. The summed E-state index contributed by atoms with van der Waals surface area (Å²) in [6, 6.07) is 7.68. The van der Waals surface area contributed by atoms with Crippen LogP contribution in [0, 0.1) is 18.8 Å². The molecular weight excluding hydrogens is 451 g/mol. The molecule has 2 bridgehead atoms. The van der Waals surface area contributed by atoms with Crippen LogP contribution in [0.5, 0.6) is 17.5 Å². The molecule has 2 aromatic heterocycles. The minimum Gasteiger partial charge on any atom is -0.424 e. The van der Waals surface area contributed by atoms with Crippen molar-refractivity contribution in [1.82, 2.24) is 24.7 Å². The quantitative estimate of drug-likeness (QED) is 0.574. The molecule has 0 amide bonds. The Morgan fingerprint density at radius 3 is 2.50 bits per heavy atom. The second-order valence-corrected chi connectivity index (χ2v) is 8.66. The van der Waals surface area contributed by atoms with E-state index in [1.807, 2.05) is 13.0 Å². The summed E-state index contributed by atoms with van der Waals surface area (Å²) in [4.78, 5) is 15.3. The zero-order valence-electron chi connectivity index (χ0n) is 18.7. The summed E-state index contributed by atoms with van der Waals surface area (Å²) >= 11 is 0. The fourth-order valence-electron chi connectivity index (χ4n) is 4.77. The number of ether oxygens (including phenoxy) is 2. The lowest BCUT2D eigenvalue weighted by atomic mass is 9.92. The Labute approximate surface area is 193 Å². The van der Waals surface area contributed by atoms with Crippen LogP contribution in [0.4, 0.5) is 24.9 Å². The summed E-state index contributed by atoms with van der Waals surface area (Å²) in [5, 5.41) is 7.85. The smallest absolute Gasteiger partial charge is 0.424 e. The van der Waals surface area contributed by atoms with Crippen LogP contribution in [0.15, 0.2) is 36.7 Å². The Kier molecular flexibility index (Phi) is 5.66. The zero-order chi connectivity index (χ0) is 23.9. The predicted molar refractivity (Wildman–Crippen MR) is 117 cm³/mol. The molecule has 1 aromatic carbocycles. The molecule has 1 saturated heterocycles. The van der Waals surface area contributed by atoms with Crippen molar-refractivity contribution in [2.24, 2.45) is 18.9 Å². The van der Waals surface area contributed by atoms with Crippen LogP contribution >= 0.6 is 0 Å². The van der Waals surface area contributed by atoms with E-state index in [2.05, 4.69) is 35.0 Å². The lowest BCUT2D eigenvalue weighted by molar-refractivity contribution is -0.274. The number of fused-ring (bicyclic) bond motifs is 2. The molecule has 9 nitrogen and oxygen atoms in total. The number of piperidine rings is 1. The van der Waals surface area contributed by atoms with E-state index in [4.69, 9.17) is 4.74 Å². The fourth-order valence-corrected chi connectivity index (χ4v) is 4.77. The third-order valence-corrected chi connectivity index (χ3v) is 6.21. The molecular formula is C22H24F3N7O2. The number of hydrogen-bond acceptors (Lipinski definition) is 8. The van der Waals surface area contributed by atoms with E-state index in [1.165, 1.54) is 22.9 Å². The largest absolute Gasteiger partial charge is 0.573 e. The number of rotatable bonds is 6. The number of nitrogens with one attached hydrogen (secondary N) is 1. The first-order valence-electron chi connectivity index (χ1n) is 11.0. The average Bonchev–Trinajstić information content (AvgIpc) is 3.20. The van der Waals surface area contributed by atoms with Gasteiger partial charge in [-0.15, -0.1) is 18.3 Å². The Bertz CT molecular complexity index is 1160. The van der Waals surface area contributed by atoms with Gasteiger partial charge in [0, 0.05) is 44.0 Å². The van der Waals surface area contributed by atoms with Crippen LogP contribution < -0.4 is 19.7 Å². The van der Waals surface area contributed by atoms with Gasteiger partial charge in [0.15, 0.2) is 0 Å². The van der Waals surface area contributed by atoms with Crippen molar-refractivity contribution >= 4 is 11.8 Å². The highest BCUT2D eigenvalue weighted by molar-refractivity contribution is 5.42. The van der Waals surface area contributed by atoms with Crippen LogP contribution in [0.2, 0.25) is 0 Å². The minimum absolute atomic E-state index is 0.160. The molecule has 5 rings (SSSR count). The van der Waals surface area contributed by atoms with E-state index in [0.29, 0.717) is 17.8 Å². The maximum atomic E-state index is 12.5. The van der Waals surface area contributed by atoms with Crippen LogP contribution in [0.25, 0.3) is 0 Å². The summed E-state index contributed by atoms with van der Waals surface area (Å²) in [5.74, 6) is 2.00. The number of aryl methyl sites for hydroxylation is 2. The van der Waals surface area contributed by atoms with Gasteiger partial charge in [-0.05, 0) is 43.7 Å². The van der Waals surface area contributed by atoms with Gasteiger partial charge in [0.05, 0.1) is 0 Å². The summed E-state index contributed by atoms with van der Waals surface area (Å²) in [6.45, 7) is 3.72.